The lowest BCUT2D eigenvalue weighted by Crippen LogP contribution is -2.22. The highest BCUT2D eigenvalue weighted by atomic mass is 16.5. The number of fused-ring (bicyclic) bond motifs is 4. The van der Waals surface area contributed by atoms with Crippen LogP contribution in [0.25, 0.3) is 10.9 Å². The summed E-state index contributed by atoms with van der Waals surface area (Å²) in [6.45, 7) is 0. The van der Waals surface area contributed by atoms with Crippen LogP contribution < -0.4 is 4.74 Å². The minimum atomic E-state index is -0.137. The van der Waals surface area contributed by atoms with Gasteiger partial charge in [0.1, 0.15) is 11.4 Å². The molecular formula is C18H13NO3. The fourth-order valence-corrected chi connectivity index (χ4v) is 3.19. The highest BCUT2D eigenvalue weighted by Gasteiger charge is 2.34. The number of ether oxygens (including phenoxy) is 1. The van der Waals surface area contributed by atoms with Crippen LogP contribution in [0, 0.1) is 0 Å². The standard InChI is InChI=1S/C18H13NO3/c1-19-14-6-4-3-5-12(14)15-16(19)18(21)13-9-10(22-2)7-8-11(13)17(15)20/h3-9H,1-2H3. The van der Waals surface area contributed by atoms with Crippen LogP contribution >= 0.6 is 0 Å². The zero-order valence-electron chi connectivity index (χ0n) is 12.2. The van der Waals surface area contributed by atoms with Crippen LogP contribution in [0.1, 0.15) is 32.0 Å². The molecule has 4 heteroatoms. The molecule has 3 aromatic rings. The predicted molar refractivity (Wildman–Crippen MR) is 82.8 cm³/mol. The minimum absolute atomic E-state index is 0.107. The molecule has 1 aromatic heterocycles. The van der Waals surface area contributed by atoms with Crippen LogP contribution in [0.4, 0.5) is 0 Å². The third-order valence-corrected chi connectivity index (χ3v) is 4.27. The van der Waals surface area contributed by atoms with Gasteiger partial charge in [-0.05, 0) is 24.3 Å². The highest BCUT2D eigenvalue weighted by molar-refractivity contribution is 6.32. The SMILES string of the molecule is COc1ccc2c(c1)C(=O)c1c(c3ccccc3n1C)C2=O. The summed E-state index contributed by atoms with van der Waals surface area (Å²) in [5.74, 6) is 0.327. The number of para-hydroxylation sites is 1. The average molecular weight is 291 g/mol. The molecule has 0 fully saturated rings. The van der Waals surface area contributed by atoms with E-state index in [0.717, 1.165) is 10.9 Å². The fraction of sp³-hybridized carbons (Fsp3) is 0.111. The second-order valence-corrected chi connectivity index (χ2v) is 5.37. The van der Waals surface area contributed by atoms with Crippen molar-refractivity contribution >= 4 is 22.5 Å². The molecule has 0 radical (unpaired) electrons. The quantitative estimate of drug-likeness (QED) is 0.541. The maximum atomic E-state index is 12.9. The van der Waals surface area contributed by atoms with Crippen molar-refractivity contribution < 1.29 is 14.3 Å². The van der Waals surface area contributed by atoms with Gasteiger partial charge in [-0.3, -0.25) is 9.59 Å². The second-order valence-electron chi connectivity index (χ2n) is 5.37. The first-order chi connectivity index (χ1) is 10.6. The predicted octanol–water partition coefficient (Wildman–Crippen LogP) is 2.96. The van der Waals surface area contributed by atoms with Crippen molar-refractivity contribution in [2.24, 2.45) is 7.05 Å². The van der Waals surface area contributed by atoms with Crippen LogP contribution in [-0.4, -0.2) is 23.2 Å². The highest BCUT2D eigenvalue weighted by Crippen LogP contribution is 2.35. The fourth-order valence-electron chi connectivity index (χ4n) is 3.19. The Bertz CT molecular complexity index is 966. The summed E-state index contributed by atoms with van der Waals surface area (Å²) >= 11 is 0. The van der Waals surface area contributed by atoms with Gasteiger partial charge in [-0.1, -0.05) is 18.2 Å². The molecule has 0 saturated carbocycles. The Morgan fingerprint density at radius 3 is 2.50 bits per heavy atom. The summed E-state index contributed by atoms with van der Waals surface area (Å²) in [7, 11) is 3.36. The summed E-state index contributed by atoms with van der Waals surface area (Å²) in [5, 5.41) is 0.819. The van der Waals surface area contributed by atoms with Crippen molar-refractivity contribution in [1.82, 2.24) is 4.57 Å². The molecule has 22 heavy (non-hydrogen) atoms. The molecule has 1 aliphatic rings. The summed E-state index contributed by atoms with van der Waals surface area (Å²) in [6.07, 6.45) is 0. The Balaban J connectivity index is 2.09. The summed E-state index contributed by atoms with van der Waals surface area (Å²) < 4.78 is 6.97. The van der Waals surface area contributed by atoms with Crippen molar-refractivity contribution in [3.63, 3.8) is 0 Å². The van der Waals surface area contributed by atoms with Gasteiger partial charge < -0.3 is 9.30 Å². The van der Waals surface area contributed by atoms with Crippen LogP contribution in [0.5, 0.6) is 5.75 Å². The Hall–Kier alpha value is -2.88. The maximum Gasteiger partial charge on any atom is 0.211 e. The number of methoxy groups -OCH3 is 1. The monoisotopic (exact) mass is 291 g/mol. The van der Waals surface area contributed by atoms with Crippen molar-refractivity contribution in [2.75, 3.05) is 7.11 Å². The van der Waals surface area contributed by atoms with Crippen molar-refractivity contribution in [1.29, 1.82) is 0 Å². The Labute approximate surface area is 126 Å². The topological polar surface area (TPSA) is 48.3 Å². The molecule has 0 aliphatic heterocycles. The number of benzene rings is 2. The lowest BCUT2D eigenvalue weighted by molar-refractivity contribution is 0.0975. The van der Waals surface area contributed by atoms with Crippen LogP contribution in [0.2, 0.25) is 0 Å². The lowest BCUT2D eigenvalue weighted by atomic mass is 9.86. The van der Waals surface area contributed by atoms with E-state index in [1.165, 1.54) is 0 Å². The number of aromatic nitrogens is 1. The Kier molecular flexibility index (Phi) is 2.51. The van der Waals surface area contributed by atoms with Crippen LogP contribution in [-0.2, 0) is 7.05 Å². The first-order valence-electron chi connectivity index (χ1n) is 6.98. The number of hydrogen-bond acceptors (Lipinski definition) is 3. The number of nitrogens with zero attached hydrogens (tertiary/aromatic N) is 1. The van der Waals surface area contributed by atoms with E-state index in [2.05, 4.69) is 0 Å². The van der Waals surface area contributed by atoms with Gasteiger partial charge in [0, 0.05) is 29.1 Å². The number of carbonyl (C=O) groups excluding carboxylic acids is 2. The van der Waals surface area contributed by atoms with Gasteiger partial charge in [0.2, 0.25) is 5.78 Å². The van der Waals surface area contributed by atoms with Gasteiger partial charge >= 0.3 is 0 Å². The molecule has 0 amide bonds. The van der Waals surface area contributed by atoms with Crippen LogP contribution in [0.3, 0.4) is 0 Å². The van der Waals surface area contributed by atoms with E-state index in [0.29, 0.717) is 28.1 Å². The molecule has 0 atom stereocenters. The van der Waals surface area contributed by atoms with E-state index >= 15 is 0 Å². The molecular weight excluding hydrogens is 278 g/mol. The first kappa shape index (κ1) is 12.8. The van der Waals surface area contributed by atoms with Gasteiger partial charge in [0.15, 0.2) is 5.78 Å². The van der Waals surface area contributed by atoms with Gasteiger partial charge in [-0.15, -0.1) is 0 Å². The third kappa shape index (κ3) is 1.46. The molecule has 0 bridgehead atoms. The molecule has 0 spiro atoms. The van der Waals surface area contributed by atoms with Crippen molar-refractivity contribution in [3.8, 4) is 5.75 Å². The average Bonchev–Trinajstić information content (AvgIpc) is 2.86. The van der Waals surface area contributed by atoms with E-state index in [9.17, 15) is 9.59 Å². The summed E-state index contributed by atoms with van der Waals surface area (Å²) in [6, 6.07) is 12.6. The van der Waals surface area contributed by atoms with E-state index in [4.69, 9.17) is 4.74 Å². The smallest absolute Gasteiger partial charge is 0.211 e. The molecule has 0 saturated heterocycles. The summed E-state index contributed by atoms with van der Waals surface area (Å²) in [5.41, 5.74) is 2.68. The molecule has 0 N–H and O–H groups in total. The third-order valence-electron chi connectivity index (χ3n) is 4.27. The van der Waals surface area contributed by atoms with Crippen molar-refractivity contribution in [3.05, 3.63) is 64.8 Å². The normalized spacial score (nSPS) is 13.2. The van der Waals surface area contributed by atoms with E-state index in [1.54, 1.807) is 29.9 Å². The number of ketones is 2. The van der Waals surface area contributed by atoms with E-state index < -0.39 is 0 Å². The number of aryl methyl sites for hydroxylation is 1. The van der Waals surface area contributed by atoms with Gasteiger partial charge in [0.25, 0.3) is 0 Å². The van der Waals surface area contributed by atoms with Gasteiger partial charge in [-0.2, -0.15) is 0 Å². The zero-order valence-corrected chi connectivity index (χ0v) is 12.2. The first-order valence-corrected chi connectivity index (χ1v) is 6.98. The van der Waals surface area contributed by atoms with Crippen molar-refractivity contribution in [2.45, 2.75) is 0 Å². The summed E-state index contributed by atoms with van der Waals surface area (Å²) in [4.78, 5) is 25.8. The lowest BCUT2D eigenvalue weighted by Gasteiger charge is -2.16. The van der Waals surface area contributed by atoms with E-state index in [1.807, 2.05) is 31.3 Å². The molecule has 4 nitrogen and oxygen atoms in total. The molecule has 2 aromatic carbocycles. The van der Waals surface area contributed by atoms with Gasteiger partial charge in [-0.25, -0.2) is 0 Å². The molecule has 1 aliphatic carbocycles. The second kappa shape index (κ2) is 4.31. The van der Waals surface area contributed by atoms with Gasteiger partial charge in [0.05, 0.1) is 12.7 Å². The molecule has 0 unspecified atom stereocenters. The molecule has 1 heterocycles. The van der Waals surface area contributed by atoms with Crippen LogP contribution in [0.15, 0.2) is 42.5 Å². The molecule has 4 rings (SSSR count). The number of rotatable bonds is 1. The largest absolute Gasteiger partial charge is 0.497 e. The maximum absolute atomic E-state index is 12.9. The number of hydrogen-bond donors (Lipinski definition) is 0. The number of carbonyl (C=O) groups is 2. The Morgan fingerprint density at radius 2 is 1.73 bits per heavy atom. The molecule has 108 valence electrons. The zero-order chi connectivity index (χ0) is 15.4. The van der Waals surface area contributed by atoms with E-state index in [-0.39, 0.29) is 11.6 Å². The minimum Gasteiger partial charge on any atom is -0.497 e. The Morgan fingerprint density at radius 1 is 0.955 bits per heavy atom.